The number of hydrogen-bond acceptors (Lipinski definition) is 6. The third-order valence-electron chi connectivity index (χ3n) is 4.71. The fourth-order valence-electron chi connectivity index (χ4n) is 3.40. The number of nitrogens with one attached hydrogen (secondary N) is 1. The third-order valence-corrected chi connectivity index (χ3v) is 4.71. The molecule has 0 amide bonds. The van der Waals surface area contributed by atoms with Crippen LogP contribution in [0, 0.1) is 11.3 Å². The second-order valence-corrected chi connectivity index (χ2v) is 6.25. The zero-order valence-electron chi connectivity index (χ0n) is 15.4. The maximum absolute atomic E-state index is 9.81. The molecule has 7 heteroatoms. The Balaban J connectivity index is 1.97. The fraction of sp³-hybridized carbons (Fsp3) is 0.143. The second kappa shape index (κ2) is 7.00. The van der Waals surface area contributed by atoms with Crippen LogP contribution in [0.5, 0.6) is 17.4 Å². The molecule has 1 aliphatic heterocycles. The molecule has 4 rings (SSSR count). The average molecular weight is 374 g/mol. The number of nitriles is 1. The van der Waals surface area contributed by atoms with Crippen LogP contribution in [-0.4, -0.2) is 24.4 Å². The van der Waals surface area contributed by atoms with Gasteiger partial charge < -0.3 is 19.9 Å². The van der Waals surface area contributed by atoms with Gasteiger partial charge in [0.2, 0.25) is 11.8 Å². The number of rotatable bonds is 4. The third kappa shape index (κ3) is 2.81. The normalized spacial score (nSPS) is 15.4. The number of benzene rings is 2. The highest BCUT2D eigenvalue weighted by Crippen LogP contribution is 2.46. The van der Waals surface area contributed by atoms with Crippen LogP contribution in [0.1, 0.15) is 17.0 Å². The van der Waals surface area contributed by atoms with Crippen molar-refractivity contribution in [1.82, 2.24) is 10.2 Å². The summed E-state index contributed by atoms with van der Waals surface area (Å²) in [5.41, 5.74) is 9.57. The summed E-state index contributed by atoms with van der Waals surface area (Å²) in [5, 5.41) is 17.1. The average Bonchev–Trinajstić information content (AvgIpc) is 3.16. The molecule has 2 heterocycles. The first kappa shape index (κ1) is 17.5. The van der Waals surface area contributed by atoms with E-state index in [0.29, 0.717) is 23.0 Å². The number of methoxy groups -OCH3 is 2. The van der Waals surface area contributed by atoms with E-state index in [0.717, 1.165) is 22.4 Å². The van der Waals surface area contributed by atoms with Crippen molar-refractivity contribution in [3.8, 4) is 34.7 Å². The maximum Gasteiger partial charge on any atom is 0.244 e. The molecule has 0 saturated heterocycles. The van der Waals surface area contributed by atoms with Gasteiger partial charge in [-0.1, -0.05) is 30.3 Å². The van der Waals surface area contributed by atoms with Gasteiger partial charge in [-0.2, -0.15) is 5.26 Å². The van der Waals surface area contributed by atoms with Gasteiger partial charge in [0.1, 0.15) is 23.1 Å². The largest absolute Gasteiger partial charge is 0.497 e. The Hall–Kier alpha value is -3.92. The van der Waals surface area contributed by atoms with E-state index in [1.165, 1.54) is 0 Å². The number of allylic oxidation sites excluding steroid dienone is 1. The zero-order chi connectivity index (χ0) is 19.7. The van der Waals surface area contributed by atoms with Crippen molar-refractivity contribution in [3.05, 3.63) is 71.1 Å². The molecule has 0 fully saturated rings. The molecule has 2 aromatic carbocycles. The molecule has 0 saturated carbocycles. The molecule has 0 radical (unpaired) electrons. The van der Waals surface area contributed by atoms with E-state index in [-0.39, 0.29) is 5.88 Å². The van der Waals surface area contributed by atoms with Gasteiger partial charge >= 0.3 is 0 Å². The van der Waals surface area contributed by atoms with Crippen LogP contribution in [0.25, 0.3) is 11.3 Å². The summed E-state index contributed by atoms with van der Waals surface area (Å²) in [6, 6.07) is 17.4. The first-order chi connectivity index (χ1) is 13.7. The standard InChI is InChI=1S/C21H18N4O3/c1-26-14-8-13(9-15(10-14)27-2)17-16(11-22)20(23)28-21-18(17)19(24-25-21)12-6-4-3-5-7-12/h3-10,17H,23H2,1-2H3,(H,24,25)/t17-/m0/s1. The molecule has 7 nitrogen and oxygen atoms in total. The lowest BCUT2D eigenvalue weighted by Crippen LogP contribution is -2.21. The summed E-state index contributed by atoms with van der Waals surface area (Å²) in [6.45, 7) is 0. The predicted molar refractivity (Wildman–Crippen MR) is 103 cm³/mol. The molecule has 0 unspecified atom stereocenters. The molecule has 3 N–H and O–H groups in total. The Morgan fingerprint density at radius 2 is 1.79 bits per heavy atom. The van der Waals surface area contributed by atoms with Crippen LogP contribution in [-0.2, 0) is 0 Å². The van der Waals surface area contributed by atoms with Crippen LogP contribution in [0.3, 0.4) is 0 Å². The van der Waals surface area contributed by atoms with Gasteiger partial charge in [-0.25, -0.2) is 0 Å². The zero-order valence-corrected chi connectivity index (χ0v) is 15.4. The molecule has 0 spiro atoms. The number of aromatic nitrogens is 2. The summed E-state index contributed by atoms with van der Waals surface area (Å²) in [6.07, 6.45) is 0. The fourth-order valence-corrected chi connectivity index (χ4v) is 3.40. The number of nitrogens with zero attached hydrogens (tertiary/aromatic N) is 2. The molecule has 1 aromatic heterocycles. The Morgan fingerprint density at radius 3 is 2.39 bits per heavy atom. The number of ether oxygens (including phenoxy) is 3. The summed E-state index contributed by atoms with van der Waals surface area (Å²) >= 11 is 0. The minimum atomic E-state index is -0.480. The van der Waals surface area contributed by atoms with Gasteiger partial charge in [0.15, 0.2) is 0 Å². The number of H-pyrrole nitrogens is 1. The number of hydrogen-bond donors (Lipinski definition) is 2. The molecule has 1 aliphatic rings. The predicted octanol–water partition coefficient (Wildman–Crippen LogP) is 3.31. The molecule has 3 aromatic rings. The summed E-state index contributed by atoms with van der Waals surface area (Å²) in [7, 11) is 3.16. The molecule has 140 valence electrons. The van der Waals surface area contributed by atoms with Gasteiger partial charge in [0, 0.05) is 6.07 Å². The smallest absolute Gasteiger partial charge is 0.244 e. The molecule has 1 atom stereocenters. The van der Waals surface area contributed by atoms with E-state index in [9.17, 15) is 5.26 Å². The molecule has 0 aliphatic carbocycles. The Bertz CT molecular complexity index is 1070. The van der Waals surface area contributed by atoms with E-state index < -0.39 is 5.92 Å². The van der Waals surface area contributed by atoms with Crippen molar-refractivity contribution in [2.45, 2.75) is 5.92 Å². The lowest BCUT2D eigenvalue weighted by Gasteiger charge is -2.24. The van der Waals surface area contributed by atoms with E-state index in [4.69, 9.17) is 19.9 Å². The van der Waals surface area contributed by atoms with Gasteiger partial charge in [-0.3, -0.25) is 5.10 Å². The van der Waals surface area contributed by atoms with Crippen LogP contribution >= 0.6 is 0 Å². The molecular formula is C21H18N4O3. The van der Waals surface area contributed by atoms with Crippen LogP contribution in [0.4, 0.5) is 0 Å². The summed E-state index contributed by atoms with van der Waals surface area (Å²) < 4.78 is 16.4. The number of fused-ring (bicyclic) bond motifs is 1. The molecule has 0 bridgehead atoms. The first-order valence-electron chi connectivity index (χ1n) is 8.60. The number of aromatic amines is 1. The topological polar surface area (TPSA) is 106 Å². The quantitative estimate of drug-likeness (QED) is 0.726. The molecular weight excluding hydrogens is 356 g/mol. The maximum atomic E-state index is 9.81. The van der Waals surface area contributed by atoms with Gasteiger partial charge in [0.05, 0.1) is 31.4 Å². The van der Waals surface area contributed by atoms with Gasteiger partial charge in [-0.15, -0.1) is 5.10 Å². The van der Waals surface area contributed by atoms with Crippen molar-refractivity contribution in [1.29, 1.82) is 5.26 Å². The lowest BCUT2D eigenvalue weighted by molar-refractivity contribution is 0.377. The SMILES string of the molecule is COc1cc(OC)cc([C@H]2C(C#N)=C(N)Oc3n[nH]c(-c4ccccc4)c32)c1. The van der Waals surface area contributed by atoms with Crippen molar-refractivity contribution < 1.29 is 14.2 Å². The Labute approximate surface area is 162 Å². The van der Waals surface area contributed by atoms with Crippen molar-refractivity contribution in [2.24, 2.45) is 5.73 Å². The van der Waals surface area contributed by atoms with Crippen molar-refractivity contribution >= 4 is 0 Å². The molecule has 28 heavy (non-hydrogen) atoms. The summed E-state index contributed by atoms with van der Waals surface area (Å²) in [4.78, 5) is 0. The number of nitrogens with two attached hydrogens (primary N) is 1. The highest BCUT2D eigenvalue weighted by Gasteiger charge is 2.36. The van der Waals surface area contributed by atoms with E-state index >= 15 is 0 Å². The minimum absolute atomic E-state index is 0.0351. The van der Waals surface area contributed by atoms with Crippen LogP contribution in [0.2, 0.25) is 0 Å². The Kier molecular flexibility index (Phi) is 4.38. The monoisotopic (exact) mass is 374 g/mol. The minimum Gasteiger partial charge on any atom is -0.497 e. The van der Waals surface area contributed by atoms with Gasteiger partial charge in [0.25, 0.3) is 0 Å². The van der Waals surface area contributed by atoms with Crippen LogP contribution < -0.4 is 19.9 Å². The highest BCUT2D eigenvalue weighted by atomic mass is 16.5. The highest BCUT2D eigenvalue weighted by molar-refractivity contribution is 5.71. The van der Waals surface area contributed by atoms with E-state index in [1.54, 1.807) is 20.3 Å². The van der Waals surface area contributed by atoms with Gasteiger partial charge in [-0.05, 0) is 23.3 Å². The van der Waals surface area contributed by atoms with Crippen molar-refractivity contribution in [2.75, 3.05) is 14.2 Å². The first-order valence-corrected chi connectivity index (χ1v) is 8.60. The lowest BCUT2D eigenvalue weighted by atomic mass is 9.83. The van der Waals surface area contributed by atoms with Crippen molar-refractivity contribution in [3.63, 3.8) is 0 Å². The summed E-state index contributed by atoms with van der Waals surface area (Å²) in [5.74, 6) is 1.13. The Morgan fingerprint density at radius 1 is 1.11 bits per heavy atom. The van der Waals surface area contributed by atoms with E-state index in [1.807, 2.05) is 42.5 Å². The van der Waals surface area contributed by atoms with E-state index in [2.05, 4.69) is 16.3 Å². The second-order valence-electron chi connectivity index (χ2n) is 6.25. The van der Waals surface area contributed by atoms with Crippen LogP contribution in [0.15, 0.2) is 60.0 Å².